The van der Waals surface area contributed by atoms with Crippen molar-refractivity contribution in [3.05, 3.63) is 352 Å². The van der Waals surface area contributed by atoms with Crippen LogP contribution in [0.4, 0.5) is 34.1 Å². The molecule has 0 bridgehead atoms. The molecule has 0 aliphatic rings. The van der Waals surface area contributed by atoms with E-state index in [1.165, 1.54) is 61.9 Å². The van der Waals surface area contributed by atoms with E-state index in [9.17, 15) is 0 Å². The number of nitrogens with zero attached hydrogens (tertiary/aromatic N) is 8. The number of aromatic nitrogens is 6. The molecule has 19 rings (SSSR count). The van der Waals surface area contributed by atoms with E-state index in [0.717, 1.165) is 78.3 Å². The molecule has 0 saturated heterocycles. The summed E-state index contributed by atoms with van der Waals surface area (Å²) in [5.74, 6) is 3.96. The van der Waals surface area contributed by atoms with Crippen molar-refractivity contribution in [1.29, 1.82) is 0 Å². The fourth-order valence-corrected chi connectivity index (χ4v) is 16.0. The summed E-state index contributed by atoms with van der Waals surface area (Å²) in [5.41, 5.74) is 12.5. The first-order valence-electron chi connectivity index (χ1n) is 33.3. The van der Waals surface area contributed by atoms with Gasteiger partial charge in [-0.05, 0) is 129 Å². The summed E-state index contributed by atoms with van der Waals surface area (Å²) in [5, 5.41) is 12.0. The molecule has 15 aromatic carbocycles. The van der Waals surface area contributed by atoms with Crippen molar-refractivity contribution in [3.8, 4) is 68.3 Å². The van der Waals surface area contributed by atoms with Crippen molar-refractivity contribution in [2.24, 2.45) is 0 Å². The number of hydrogen-bond donors (Lipinski definition) is 0. The summed E-state index contributed by atoms with van der Waals surface area (Å²) in [7, 11) is 0. The number of para-hydroxylation sites is 3. The Bertz CT molecular complexity index is 6060. The Morgan fingerprint density at radius 1 is 0.190 bits per heavy atom. The van der Waals surface area contributed by atoms with Gasteiger partial charge in [0.15, 0.2) is 34.9 Å². The predicted molar refractivity (Wildman–Crippen MR) is 420 cm³/mol. The number of thiophene rings is 2. The molecule has 0 atom stereocenters. The lowest BCUT2D eigenvalue weighted by Crippen LogP contribution is -2.09. The van der Waals surface area contributed by atoms with Gasteiger partial charge in [-0.15, -0.1) is 22.7 Å². The monoisotopic (exact) mass is 1310 g/mol. The number of benzene rings is 15. The fraction of sp³-hybridized carbons (Fsp3) is 0. The van der Waals surface area contributed by atoms with Gasteiger partial charge in [0.25, 0.3) is 0 Å². The van der Waals surface area contributed by atoms with E-state index < -0.39 is 0 Å². The molecular formula is C90H58N8S2. The van der Waals surface area contributed by atoms with Crippen LogP contribution in [0.3, 0.4) is 0 Å². The molecule has 0 radical (unpaired) electrons. The Morgan fingerprint density at radius 3 is 0.860 bits per heavy atom. The average Bonchev–Trinajstić information content (AvgIpc) is 1.54. The summed E-state index contributed by atoms with van der Waals surface area (Å²) < 4.78 is 4.87. The molecule has 0 spiro atoms. The maximum atomic E-state index is 5.11. The van der Waals surface area contributed by atoms with Crippen LogP contribution in [0.1, 0.15) is 0 Å². The average molecular weight is 1320 g/mol. The van der Waals surface area contributed by atoms with Crippen LogP contribution in [0, 0.1) is 0 Å². The highest BCUT2D eigenvalue weighted by molar-refractivity contribution is 7.26. The molecule has 100 heavy (non-hydrogen) atoms. The van der Waals surface area contributed by atoms with Gasteiger partial charge in [-0.2, -0.15) is 0 Å². The molecule has 0 amide bonds. The Hall–Kier alpha value is -12.9. The van der Waals surface area contributed by atoms with Crippen molar-refractivity contribution < 1.29 is 0 Å². The summed E-state index contributed by atoms with van der Waals surface area (Å²) in [6.07, 6.45) is 0. The smallest absolute Gasteiger partial charge is 0.164 e. The molecular weight excluding hydrogens is 1260 g/mol. The minimum atomic E-state index is 0.657. The quantitative estimate of drug-likeness (QED) is 0.120. The summed E-state index contributed by atoms with van der Waals surface area (Å²) in [6, 6.07) is 123. The molecule has 0 aliphatic heterocycles. The normalized spacial score (nSPS) is 11.4. The molecule has 10 heteroatoms. The van der Waals surface area contributed by atoms with Crippen LogP contribution in [0.15, 0.2) is 352 Å². The highest BCUT2D eigenvalue weighted by atomic mass is 32.1. The van der Waals surface area contributed by atoms with Crippen molar-refractivity contribution in [1.82, 2.24) is 29.9 Å². The molecule has 0 saturated carbocycles. The predicted octanol–water partition coefficient (Wildman–Crippen LogP) is 24.9. The Labute approximate surface area is 585 Å². The molecule has 0 aliphatic carbocycles. The first-order valence-corrected chi connectivity index (χ1v) is 35.0. The van der Waals surface area contributed by atoms with Gasteiger partial charge in [-0.3, -0.25) is 0 Å². The van der Waals surface area contributed by atoms with Crippen LogP contribution in [0.2, 0.25) is 0 Å². The summed E-state index contributed by atoms with van der Waals surface area (Å²) >= 11 is 3.62. The third kappa shape index (κ3) is 11.3. The zero-order valence-corrected chi connectivity index (χ0v) is 55.5. The Balaban J connectivity index is 0.000000145. The molecule has 19 aromatic rings. The molecule has 0 fully saturated rings. The molecule has 4 aromatic heterocycles. The lowest BCUT2D eigenvalue weighted by molar-refractivity contribution is 1.08. The van der Waals surface area contributed by atoms with E-state index in [2.05, 4.69) is 265 Å². The highest BCUT2D eigenvalue weighted by Crippen LogP contribution is 2.48. The third-order valence-electron chi connectivity index (χ3n) is 18.4. The third-order valence-corrected chi connectivity index (χ3v) is 20.6. The number of anilines is 6. The van der Waals surface area contributed by atoms with Crippen molar-refractivity contribution in [2.75, 3.05) is 9.80 Å². The standard InChI is InChI=1S/C47H30N4S.C43H28N4S/c1-4-15-32(16-5-1)45-48-46(33-17-6-2-7-18-33)50-47(49-45)40-30-43-44(39-23-13-12-22-38(39)40)41-29-37(26-27-42(41)52-43)51(35-20-8-3-9-21-35)36-25-24-31-14-10-11-19-34(31)28-36;1-5-15-29(16-6-1)41-44-42(30-17-7-2-8-18-30)46-43(45-41)36-28-39-40(35-24-14-13-23-34(35)36)37-27-33(25-26-38(37)48-39)47(31-19-9-3-10-20-31)32-21-11-4-12-22-32/h1-30H;1-28H. The number of hydrogen-bond acceptors (Lipinski definition) is 10. The largest absolute Gasteiger partial charge is 0.310 e. The van der Waals surface area contributed by atoms with Crippen LogP contribution < -0.4 is 9.80 Å². The lowest BCUT2D eigenvalue weighted by Gasteiger charge is -2.26. The van der Waals surface area contributed by atoms with Gasteiger partial charge >= 0.3 is 0 Å². The summed E-state index contributed by atoms with van der Waals surface area (Å²) in [6.45, 7) is 0. The van der Waals surface area contributed by atoms with E-state index in [1.54, 1.807) is 0 Å². The Kier molecular flexibility index (Phi) is 15.5. The van der Waals surface area contributed by atoms with Gasteiger partial charge in [-0.25, -0.2) is 29.9 Å². The van der Waals surface area contributed by atoms with Crippen LogP contribution in [-0.4, -0.2) is 29.9 Å². The zero-order chi connectivity index (χ0) is 66.3. The van der Waals surface area contributed by atoms with Gasteiger partial charge in [0.05, 0.1) is 0 Å². The van der Waals surface area contributed by atoms with E-state index in [1.807, 2.05) is 120 Å². The van der Waals surface area contributed by atoms with Crippen LogP contribution >= 0.6 is 22.7 Å². The minimum Gasteiger partial charge on any atom is -0.310 e. The second-order valence-corrected chi connectivity index (χ2v) is 26.7. The van der Waals surface area contributed by atoms with E-state index in [4.69, 9.17) is 29.9 Å². The minimum absolute atomic E-state index is 0.657. The van der Waals surface area contributed by atoms with Crippen molar-refractivity contribution in [3.63, 3.8) is 0 Å². The Morgan fingerprint density at radius 2 is 0.480 bits per heavy atom. The van der Waals surface area contributed by atoms with E-state index in [-0.39, 0.29) is 0 Å². The molecule has 470 valence electrons. The van der Waals surface area contributed by atoms with Crippen LogP contribution in [0.25, 0.3) is 141 Å². The second-order valence-electron chi connectivity index (χ2n) is 24.5. The maximum absolute atomic E-state index is 5.11. The zero-order valence-electron chi connectivity index (χ0n) is 53.9. The van der Waals surface area contributed by atoms with Gasteiger partial charge < -0.3 is 9.80 Å². The van der Waals surface area contributed by atoms with Gasteiger partial charge in [0.1, 0.15) is 0 Å². The molecule has 0 N–H and O–H groups in total. The molecule has 0 unspecified atom stereocenters. The number of fused-ring (bicyclic) bond motifs is 11. The summed E-state index contributed by atoms with van der Waals surface area (Å²) in [4.78, 5) is 35.0. The van der Waals surface area contributed by atoms with Gasteiger partial charge in [-0.1, -0.05) is 255 Å². The SMILES string of the molecule is c1ccc(-c2nc(-c3ccccc3)nc(-c3cc4sc5ccc(N(c6ccccc6)c6ccc7ccccc7c6)cc5c4c4ccccc34)n2)cc1.c1ccc(-c2nc(-c3ccccc3)nc(-c3cc4sc5ccc(N(c6ccccc6)c6ccccc6)cc5c4c4ccccc34)n2)cc1. The highest BCUT2D eigenvalue weighted by Gasteiger charge is 2.23. The van der Waals surface area contributed by atoms with Crippen molar-refractivity contribution >= 4 is 129 Å². The lowest BCUT2D eigenvalue weighted by atomic mass is 9.98. The maximum Gasteiger partial charge on any atom is 0.164 e. The first-order chi connectivity index (χ1) is 49.6. The van der Waals surface area contributed by atoms with E-state index in [0.29, 0.717) is 34.9 Å². The second kappa shape index (κ2) is 25.9. The first kappa shape index (κ1) is 59.6. The van der Waals surface area contributed by atoms with Gasteiger partial charge in [0, 0.05) is 108 Å². The van der Waals surface area contributed by atoms with Crippen molar-refractivity contribution in [2.45, 2.75) is 0 Å². The molecule has 4 heterocycles. The van der Waals surface area contributed by atoms with Crippen LogP contribution in [0.5, 0.6) is 0 Å². The molecule has 8 nitrogen and oxygen atoms in total. The van der Waals surface area contributed by atoms with Gasteiger partial charge in [0.2, 0.25) is 0 Å². The topological polar surface area (TPSA) is 83.8 Å². The van der Waals surface area contributed by atoms with Crippen LogP contribution in [-0.2, 0) is 0 Å². The fourth-order valence-electron chi connectivity index (χ4n) is 13.7. The number of rotatable bonds is 12. The van der Waals surface area contributed by atoms with E-state index >= 15 is 0 Å².